The van der Waals surface area contributed by atoms with Crippen molar-refractivity contribution in [2.24, 2.45) is 5.41 Å². The Labute approximate surface area is 345 Å². The van der Waals surface area contributed by atoms with E-state index in [0.29, 0.717) is 22.3 Å². The van der Waals surface area contributed by atoms with E-state index in [1.54, 1.807) is 97.1 Å². The van der Waals surface area contributed by atoms with Gasteiger partial charge in [-0.05, 0) is 77.6 Å². The molecule has 12 heteroatoms. The minimum Gasteiger partial charge on any atom is -0.396 e. The first-order valence-electron chi connectivity index (χ1n) is 19.2. The molecule has 12 nitrogen and oxygen atoms in total. The second-order valence-corrected chi connectivity index (χ2v) is 17.2. The number of carbonyl (C=O) groups is 4. The summed E-state index contributed by atoms with van der Waals surface area (Å²) in [5.41, 5.74) is -4.48. The Morgan fingerprint density at radius 1 is 0.407 bits per heavy atom. The molecule has 0 bridgehead atoms. The van der Waals surface area contributed by atoms with Crippen molar-refractivity contribution in [1.29, 1.82) is 0 Å². The number of hydrogen-bond acceptors (Lipinski definition) is 12. The van der Waals surface area contributed by atoms with Gasteiger partial charge in [-0.2, -0.15) is 0 Å². The predicted molar refractivity (Wildman–Crippen MR) is 220 cm³/mol. The van der Waals surface area contributed by atoms with Crippen molar-refractivity contribution in [2.75, 3.05) is 26.4 Å². The molecule has 0 atom stereocenters. The Morgan fingerprint density at radius 2 is 0.593 bits per heavy atom. The number of rotatable bonds is 20. The maximum absolute atomic E-state index is 12.8. The first-order valence-corrected chi connectivity index (χ1v) is 19.2. The average molecular weight is 813 g/mol. The molecule has 0 aliphatic heterocycles. The van der Waals surface area contributed by atoms with Gasteiger partial charge in [0, 0.05) is 22.3 Å². The lowest BCUT2D eigenvalue weighted by Crippen LogP contribution is -2.40. The number of ketones is 4. The molecule has 59 heavy (non-hydrogen) atoms. The highest BCUT2D eigenvalue weighted by atomic mass is 16.5. The fourth-order valence-electron chi connectivity index (χ4n) is 6.21. The van der Waals surface area contributed by atoms with Crippen LogP contribution in [0.3, 0.4) is 0 Å². The Hall–Kier alpha value is -4.76. The van der Waals surface area contributed by atoms with Crippen LogP contribution in [0, 0.1) is 5.41 Å². The van der Waals surface area contributed by atoms with E-state index in [0.717, 1.165) is 0 Å². The van der Waals surface area contributed by atoms with Crippen molar-refractivity contribution in [3.05, 3.63) is 142 Å². The Morgan fingerprint density at radius 3 is 0.746 bits per heavy atom. The molecular formula is C47H56O12. The topological polar surface area (TPSA) is 208 Å². The minimum absolute atomic E-state index is 0.260. The lowest BCUT2D eigenvalue weighted by Gasteiger charge is -2.33. The van der Waals surface area contributed by atoms with Crippen molar-refractivity contribution >= 4 is 23.1 Å². The smallest absolute Gasteiger partial charge is 0.193 e. The zero-order chi connectivity index (χ0) is 44.1. The van der Waals surface area contributed by atoms with Crippen LogP contribution in [0.1, 0.15) is 131 Å². The van der Waals surface area contributed by atoms with E-state index in [-0.39, 0.29) is 35.5 Å². The largest absolute Gasteiger partial charge is 0.396 e. The molecule has 0 fully saturated rings. The predicted octanol–water partition coefficient (Wildman–Crippen LogP) is 5.38. The second kappa shape index (κ2) is 18.2. The van der Waals surface area contributed by atoms with Crippen LogP contribution in [-0.2, 0) is 9.47 Å². The minimum atomic E-state index is -1.61. The van der Waals surface area contributed by atoms with Crippen LogP contribution < -0.4 is 0 Å². The van der Waals surface area contributed by atoms with Crippen molar-refractivity contribution in [3.8, 4) is 0 Å². The molecule has 0 aliphatic carbocycles. The van der Waals surface area contributed by atoms with Crippen molar-refractivity contribution in [2.45, 2.75) is 90.0 Å². The molecule has 0 saturated carbocycles. The number of carbonyl (C=O) groups excluding carboxylic acids is 4. The van der Waals surface area contributed by atoms with Crippen LogP contribution >= 0.6 is 0 Å². The molecule has 6 N–H and O–H groups in total. The number of ether oxygens (including phenoxy) is 2. The third-order valence-corrected chi connectivity index (χ3v) is 9.91. The van der Waals surface area contributed by atoms with Crippen LogP contribution in [0.15, 0.2) is 97.1 Å². The van der Waals surface area contributed by atoms with E-state index in [4.69, 9.17) is 9.47 Å². The van der Waals surface area contributed by atoms with E-state index in [1.165, 1.54) is 55.4 Å². The first-order chi connectivity index (χ1) is 27.3. The number of Topliss-reactive ketones (excluding diaryl/α,β-unsaturated/α-hetero) is 4. The van der Waals surface area contributed by atoms with Gasteiger partial charge >= 0.3 is 0 Å². The van der Waals surface area contributed by atoms with Crippen molar-refractivity contribution < 1.29 is 59.3 Å². The highest BCUT2D eigenvalue weighted by molar-refractivity contribution is 6.03. The van der Waals surface area contributed by atoms with Crippen LogP contribution in [0.5, 0.6) is 0 Å². The summed E-state index contributed by atoms with van der Waals surface area (Å²) in [7, 11) is 0. The molecule has 0 radical (unpaired) electrons. The Bertz CT molecular complexity index is 1780. The molecule has 0 aliphatic rings. The number of benzene rings is 4. The maximum Gasteiger partial charge on any atom is 0.193 e. The van der Waals surface area contributed by atoms with Crippen LogP contribution in [0.2, 0.25) is 0 Å². The van der Waals surface area contributed by atoms with E-state index in [2.05, 4.69) is 0 Å². The standard InChI is InChI=1S/C47H56O12/c1-43(2,54)39(50)33-17-9-29(10-18-33)37(30-11-19-34(20-12-30)40(51)44(3,4)55)58-27-47(25-48,26-49)28-59-38(31-13-21-35(22-14-31)41(52)45(5,6)56)32-15-23-36(24-16-32)42(53)46(7,8)57/h9-24,37-38,48-49,54-57H,25-28H2,1-8H3. The van der Waals surface area contributed by atoms with Crippen LogP contribution in [0.4, 0.5) is 0 Å². The number of hydrogen-bond donors (Lipinski definition) is 6. The summed E-state index contributed by atoms with van der Waals surface area (Å²) in [6.07, 6.45) is -1.72. The monoisotopic (exact) mass is 812 g/mol. The molecule has 0 aromatic heterocycles. The molecule has 0 heterocycles. The van der Waals surface area contributed by atoms with E-state index >= 15 is 0 Å². The number of aliphatic hydroxyl groups is 6. The third kappa shape index (κ3) is 11.7. The van der Waals surface area contributed by atoms with E-state index in [9.17, 15) is 49.8 Å². The molecule has 4 rings (SSSR count). The van der Waals surface area contributed by atoms with Gasteiger partial charge in [0.2, 0.25) is 0 Å². The molecule has 316 valence electrons. The highest BCUT2D eigenvalue weighted by Gasteiger charge is 2.35. The third-order valence-electron chi connectivity index (χ3n) is 9.91. The Kier molecular flexibility index (Phi) is 14.5. The van der Waals surface area contributed by atoms with Gasteiger partial charge in [0.05, 0.1) is 31.8 Å². The quantitative estimate of drug-likeness (QED) is 0.0622. The summed E-state index contributed by atoms with van der Waals surface area (Å²) in [4.78, 5) is 51.1. The summed E-state index contributed by atoms with van der Waals surface area (Å²) in [6.45, 7) is 9.45. The van der Waals surface area contributed by atoms with Gasteiger partial charge in [-0.15, -0.1) is 0 Å². The summed E-state index contributed by atoms with van der Waals surface area (Å²) in [6, 6.07) is 25.7. The van der Waals surface area contributed by atoms with Gasteiger partial charge in [0.25, 0.3) is 0 Å². The van der Waals surface area contributed by atoms with Gasteiger partial charge in [-0.1, -0.05) is 97.1 Å². The van der Waals surface area contributed by atoms with E-state index in [1.807, 2.05) is 0 Å². The van der Waals surface area contributed by atoms with Gasteiger partial charge in [0.1, 0.15) is 34.6 Å². The molecular weight excluding hydrogens is 757 g/mol. The molecule has 0 saturated heterocycles. The SMILES string of the molecule is CC(C)(O)C(=O)c1ccc(C(OCC(CO)(CO)COC(c2ccc(C(=O)C(C)(C)O)cc2)c2ccc(C(=O)C(C)(C)O)cc2)c2ccc(C(=O)C(C)(C)O)cc2)cc1. The fourth-order valence-corrected chi connectivity index (χ4v) is 6.21. The molecule has 0 unspecified atom stereocenters. The van der Waals surface area contributed by atoms with Gasteiger partial charge in [-0.25, -0.2) is 0 Å². The van der Waals surface area contributed by atoms with Gasteiger partial charge in [0.15, 0.2) is 23.1 Å². The Balaban J connectivity index is 1.70. The molecule has 0 spiro atoms. The van der Waals surface area contributed by atoms with Crippen molar-refractivity contribution in [3.63, 3.8) is 0 Å². The van der Waals surface area contributed by atoms with Crippen LogP contribution in [-0.4, -0.2) is 103 Å². The highest BCUT2D eigenvalue weighted by Crippen LogP contribution is 2.34. The summed E-state index contributed by atoms with van der Waals surface area (Å²) >= 11 is 0. The summed E-state index contributed by atoms with van der Waals surface area (Å²) in [5, 5.41) is 62.8. The second-order valence-electron chi connectivity index (χ2n) is 17.2. The maximum atomic E-state index is 12.8. The zero-order valence-electron chi connectivity index (χ0n) is 34.9. The molecule has 4 aromatic rings. The first kappa shape index (κ1) is 46.9. The number of aliphatic hydroxyl groups excluding tert-OH is 2. The van der Waals surface area contributed by atoms with Gasteiger partial charge < -0.3 is 40.1 Å². The summed E-state index contributed by atoms with van der Waals surface area (Å²) in [5.74, 6) is -1.95. The molecule has 4 aromatic carbocycles. The lowest BCUT2D eigenvalue weighted by atomic mass is 9.90. The fraction of sp³-hybridized carbons (Fsp3) is 0.404. The van der Waals surface area contributed by atoms with Gasteiger partial charge in [-0.3, -0.25) is 19.2 Å². The van der Waals surface area contributed by atoms with Crippen LogP contribution in [0.25, 0.3) is 0 Å². The lowest BCUT2D eigenvalue weighted by molar-refractivity contribution is -0.0994. The summed E-state index contributed by atoms with van der Waals surface area (Å²) < 4.78 is 13.0. The van der Waals surface area contributed by atoms with Crippen molar-refractivity contribution in [1.82, 2.24) is 0 Å². The van der Waals surface area contributed by atoms with E-state index < -0.39 is 76.4 Å². The molecule has 0 amide bonds. The normalized spacial score (nSPS) is 12.9. The zero-order valence-corrected chi connectivity index (χ0v) is 34.9. The average Bonchev–Trinajstić information content (AvgIpc) is 3.18.